The van der Waals surface area contributed by atoms with Crippen LogP contribution in [0.15, 0.2) is 40.9 Å². The zero-order valence-electron chi connectivity index (χ0n) is 26.6. The number of aromatic nitrogens is 1. The predicted molar refractivity (Wildman–Crippen MR) is 165 cm³/mol. The van der Waals surface area contributed by atoms with E-state index in [2.05, 4.69) is 22.6 Å². The zero-order valence-corrected chi connectivity index (χ0v) is 26.6. The quantitative estimate of drug-likeness (QED) is 0.360. The SMILES string of the molecule is Cc1cc2onc(C)c2cc1NCC(=O)N(CCN(C(=O)OC(C)(C)C)C(C)C)CC(=O)N(C)N1Cc2ccccc2C1. The average molecular weight is 593 g/mol. The minimum atomic E-state index is -0.655. The molecular formula is C32H44N6O5. The Morgan fingerprint density at radius 3 is 2.30 bits per heavy atom. The molecule has 4 rings (SSSR count). The first-order chi connectivity index (χ1) is 20.2. The minimum absolute atomic E-state index is 0.0308. The van der Waals surface area contributed by atoms with E-state index in [9.17, 15) is 14.4 Å². The van der Waals surface area contributed by atoms with Crippen LogP contribution >= 0.6 is 0 Å². The number of hydrazine groups is 1. The summed E-state index contributed by atoms with van der Waals surface area (Å²) in [4.78, 5) is 43.2. The van der Waals surface area contributed by atoms with E-state index in [0.29, 0.717) is 18.7 Å². The van der Waals surface area contributed by atoms with E-state index in [1.54, 1.807) is 17.0 Å². The molecule has 0 aliphatic carbocycles. The number of carbonyl (C=O) groups excluding carboxylic acids is 3. The molecule has 0 saturated carbocycles. The van der Waals surface area contributed by atoms with Crippen LogP contribution in [0, 0.1) is 13.8 Å². The van der Waals surface area contributed by atoms with Crippen LogP contribution in [-0.2, 0) is 27.4 Å². The van der Waals surface area contributed by atoms with Crippen molar-refractivity contribution in [3.05, 3.63) is 58.8 Å². The van der Waals surface area contributed by atoms with Crippen LogP contribution in [0.2, 0.25) is 0 Å². The van der Waals surface area contributed by atoms with Gasteiger partial charge in [-0.3, -0.25) is 14.6 Å². The third kappa shape index (κ3) is 7.84. The van der Waals surface area contributed by atoms with Crippen molar-refractivity contribution in [3.8, 4) is 0 Å². The highest BCUT2D eigenvalue weighted by molar-refractivity contribution is 5.89. The first kappa shape index (κ1) is 31.8. The molecule has 3 amide bonds. The Morgan fingerprint density at radius 1 is 1.05 bits per heavy atom. The van der Waals surface area contributed by atoms with E-state index in [1.807, 2.05) is 77.7 Å². The van der Waals surface area contributed by atoms with Crippen LogP contribution in [0.1, 0.15) is 57.0 Å². The fraction of sp³-hybridized carbons (Fsp3) is 0.500. The summed E-state index contributed by atoms with van der Waals surface area (Å²) in [5.74, 6) is -0.479. The molecule has 232 valence electrons. The van der Waals surface area contributed by atoms with E-state index in [0.717, 1.165) is 22.3 Å². The number of aryl methyl sites for hydroxylation is 2. The van der Waals surface area contributed by atoms with Gasteiger partial charge >= 0.3 is 6.09 Å². The summed E-state index contributed by atoms with van der Waals surface area (Å²) in [6.07, 6.45) is -0.459. The van der Waals surface area contributed by atoms with Crippen molar-refractivity contribution in [2.24, 2.45) is 0 Å². The molecule has 1 aliphatic heterocycles. The molecule has 0 radical (unpaired) electrons. The highest BCUT2D eigenvalue weighted by Crippen LogP contribution is 2.26. The van der Waals surface area contributed by atoms with Gasteiger partial charge < -0.3 is 24.4 Å². The molecule has 0 spiro atoms. The van der Waals surface area contributed by atoms with E-state index in [1.165, 1.54) is 16.0 Å². The number of anilines is 1. The van der Waals surface area contributed by atoms with Gasteiger partial charge in [0.25, 0.3) is 5.91 Å². The average Bonchev–Trinajstić information content (AvgIpc) is 3.52. The second kappa shape index (κ2) is 13.0. The topological polar surface area (TPSA) is 111 Å². The first-order valence-electron chi connectivity index (χ1n) is 14.7. The fourth-order valence-electron chi connectivity index (χ4n) is 5.03. The van der Waals surface area contributed by atoms with Crippen molar-refractivity contribution in [2.75, 3.05) is 38.5 Å². The molecule has 0 bridgehead atoms. The summed E-state index contributed by atoms with van der Waals surface area (Å²) < 4.78 is 11.0. The van der Waals surface area contributed by atoms with E-state index < -0.39 is 11.7 Å². The second-order valence-electron chi connectivity index (χ2n) is 12.4. The summed E-state index contributed by atoms with van der Waals surface area (Å²) in [5.41, 5.74) is 4.84. The van der Waals surface area contributed by atoms with Crippen molar-refractivity contribution < 1.29 is 23.6 Å². The van der Waals surface area contributed by atoms with Gasteiger partial charge in [0.05, 0.1) is 12.2 Å². The second-order valence-corrected chi connectivity index (χ2v) is 12.4. The molecule has 0 atom stereocenters. The van der Waals surface area contributed by atoms with Crippen LogP contribution in [0.25, 0.3) is 11.0 Å². The number of hydrogen-bond acceptors (Lipinski definition) is 8. The Hall–Kier alpha value is -4.12. The van der Waals surface area contributed by atoms with Crippen LogP contribution in [0.4, 0.5) is 10.5 Å². The maximum Gasteiger partial charge on any atom is 0.410 e. The summed E-state index contributed by atoms with van der Waals surface area (Å²) in [7, 11) is 1.73. The van der Waals surface area contributed by atoms with Gasteiger partial charge in [-0.1, -0.05) is 29.4 Å². The standard InChI is InChI=1S/C32H44N6O5/c1-21(2)38(31(41)42-32(5,6)7)14-13-36(20-30(40)35(8)37-18-24-11-9-10-12-25(24)19-37)29(39)17-33-27-16-26-23(4)34-43-28(26)15-22(27)3/h9-12,15-16,21,33H,13-14,17-20H2,1-8H3. The summed E-state index contributed by atoms with van der Waals surface area (Å²) in [6.45, 7) is 14.5. The number of likely N-dealkylation sites (N-methyl/N-ethyl adjacent to an activating group) is 1. The molecule has 0 fully saturated rings. The molecule has 0 saturated heterocycles. The molecule has 11 heteroatoms. The Bertz CT molecular complexity index is 1450. The van der Waals surface area contributed by atoms with E-state index in [4.69, 9.17) is 9.26 Å². The lowest BCUT2D eigenvalue weighted by Gasteiger charge is -2.33. The van der Waals surface area contributed by atoms with Crippen molar-refractivity contribution in [1.82, 2.24) is 25.0 Å². The van der Waals surface area contributed by atoms with Crippen LogP contribution in [0.5, 0.6) is 0 Å². The molecule has 2 heterocycles. The largest absolute Gasteiger partial charge is 0.444 e. The van der Waals surface area contributed by atoms with Gasteiger partial charge in [0.1, 0.15) is 12.1 Å². The predicted octanol–water partition coefficient (Wildman–Crippen LogP) is 4.72. The van der Waals surface area contributed by atoms with Crippen molar-refractivity contribution >= 4 is 34.6 Å². The Balaban J connectivity index is 1.48. The third-order valence-corrected chi connectivity index (χ3v) is 7.58. The molecule has 1 aliphatic rings. The number of carbonyl (C=O) groups is 3. The van der Waals surface area contributed by atoms with Gasteiger partial charge in [-0.05, 0) is 77.3 Å². The zero-order chi connectivity index (χ0) is 31.5. The van der Waals surface area contributed by atoms with Gasteiger partial charge in [0.2, 0.25) is 5.91 Å². The molecule has 43 heavy (non-hydrogen) atoms. The molecule has 1 N–H and O–H groups in total. The number of nitrogens with zero attached hydrogens (tertiary/aromatic N) is 5. The Kier molecular flexibility index (Phi) is 9.64. The number of benzene rings is 2. The summed E-state index contributed by atoms with van der Waals surface area (Å²) in [6, 6.07) is 11.8. The van der Waals surface area contributed by atoms with E-state index >= 15 is 0 Å². The Labute approximate surface area is 253 Å². The lowest BCUT2D eigenvalue weighted by atomic mass is 10.1. The van der Waals surface area contributed by atoms with Gasteiger partial charge in [0.15, 0.2) is 5.58 Å². The lowest BCUT2D eigenvalue weighted by molar-refractivity contribution is -0.151. The maximum absolute atomic E-state index is 13.7. The molecule has 11 nitrogen and oxygen atoms in total. The highest BCUT2D eigenvalue weighted by atomic mass is 16.6. The third-order valence-electron chi connectivity index (χ3n) is 7.58. The monoisotopic (exact) mass is 592 g/mol. The van der Waals surface area contributed by atoms with E-state index in [-0.39, 0.29) is 44.0 Å². The van der Waals surface area contributed by atoms with Gasteiger partial charge in [-0.2, -0.15) is 0 Å². The fourth-order valence-corrected chi connectivity index (χ4v) is 5.03. The highest BCUT2D eigenvalue weighted by Gasteiger charge is 2.29. The number of fused-ring (bicyclic) bond motifs is 2. The van der Waals surface area contributed by atoms with Crippen LogP contribution in [-0.4, -0.2) is 87.8 Å². The van der Waals surface area contributed by atoms with Crippen LogP contribution in [0.3, 0.4) is 0 Å². The van der Waals surface area contributed by atoms with Gasteiger partial charge in [-0.25, -0.2) is 9.80 Å². The first-order valence-corrected chi connectivity index (χ1v) is 14.7. The number of ether oxygens (including phenoxy) is 1. The van der Waals surface area contributed by atoms with Crippen LogP contribution < -0.4 is 5.32 Å². The number of hydrogen-bond donors (Lipinski definition) is 1. The molecule has 1 aromatic heterocycles. The number of amides is 3. The van der Waals surface area contributed by atoms with Crippen molar-refractivity contribution in [2.45, 2.75) is 73.2 Å². The smallest absolute Gasteiger partial charge is 0.410 e. The number of nitrogens with one attached hydrogen (secondary N) is 1. The maximum atomic E-state index is 13.7. The Morgan fingerprint density at radius 2 is 1.70 bits per heavy atom. The molecule has 0 unspecified atom stereocenters. The minimum Gasteiger partial charge on any atom is -0.444 e. The van der Waals surface area contributed by atoms with Gasteiger partial charge in [0, 0.05) is 50.3 Å². The lowest BCUT2D eigenvalue weighted by Crippen LogP contribution is -2.51. The molecule has 3 aromatic rings. The number of rotatable bonds is 10. The van der Waals surface area contributed by atoms with Crippen molar-refractivity contribution in [3.63, 3.8) is 0 Å². The molecule has 2 aromatic carbocycles. The molecular weight excluding hydrogens is 548 g/mol. The summed E-state index contributed by atoms with van der Waals surface area (Å²) in [5, 5.41) is 11.7. The summed E-state index contributed by atoms with van der Waals surface area (Å²) >= 11 is 0. The van der Waals surface area contributed by atoms with Gasteiger partial charge in [-0.15, -0.1) is 0 Å². The van der Waals surface area contributed by atoms with Crippen molar-refractivity contribution in [1.29, 1.82) is 0 Å². The normalized spacial score (nSPS) is 13.2.